The Labute approximate surface area is 218 Å². The van der Waals surface area contributed by atoms with Crippen LogP contribution in [0.1, 0.15) is 31.3 Å². The molecule has 8 nitrogen and oxygen atoms in total. The number of rotatable bonds is 9. The normalized spacial score (nSPS) is 11.6. The minimum atomic E-state index is -0.499. The van der Waals surface area contributed by atoms with Crippen LogP contribution in [0.2, 0.25) is 0 Å². The highest BCUT2D eigenvalue weighted by Gasteiger charge is 2.22. The lowest BCUT2D eigenvalue weighted by Crippen LogP contribution is -2.16. The highest BCUT2D eigenvalue weighted by atomic mass is 32.2. The van der Waals surface area contributed by atoms with Gasteiger partial charge in [0.1, 0.15) is 11.6 Å². The third-order valence-corrected chi connectivity index (χ3v) is 6.26. The van der Waals surface area contributed by atoms with Gasteiger partial charge in [0, 0.05) is 24.0 Å². The third-order valence-electron chi connectivity index (χ3n) is 5.33. The van der Waals surface area contributed by atoms with Crippen molar-refractivity contribution in [2.24, 2.45) is 0 Å². The predicted molar refractivity (Wildman–Crippen MR) is 142 cm³/mol. The largest absolute Gasteiger partial charge is 0.483 e. The molecule has 0 saturated carbocycles. The van der Waals surface area contributed by atoms with Crippen LogP contribution in [0.5, 0.6) is 5.75 Å². The lowest BCUT2D eigenvalue weighted by atomic mass is 10.2. The number of nitrogens with one attached hydrogen (secondary N) is 2. The summed E-state index contributed by atoms with van der Waals surface area (Å²) in [5.41, 5.74) is 2.93. The van der Waals surface area contributed by atoms with Gasteiger partial charge in [0.2, 0.25) is 11.8 Å². The highest BCUT2D eigenvalue weighted by molar-refractivity contribution is 7.99. The maximum atomic E-state index is 13.3. The van der Waals surface area contributed by atoms with Gasteiger partial charge in [-0.05, 0) is 67.9 Å². The van der Waals surface area contributed by atoms with Crippen molar-refractivity contribution < 1.29 is 18.7 Å². The Kier molecular flexibility index (Phi) is 8.19. The number of ether oxygens (including phenoxy) is 1. The van der Waals surface area contributed by atoms with Crippen molar-refractivity contribution in [3.8, 4) is 11.4 Å². The number of carbonyl (C=O) groups is 2. The fraction of sp³-hybridized carbons (Fsp3) is 0.185. The molecule has 37 heavy (non-hydrogen) atoms. The topological polar surface area (TPSA) is 98.1 Å². The van der Waals surface area contributed by atoms with E-state index in [1.807, 2.05) is 54.8 Å². The number of halogens is 1. The number of thioether (sulfide) groups is 1. The third kappa shape index (κ3) is 6.73. The number of aryl methyl sites for hydroxylation is 1. The second-order valence-electron chi connectivity index (χ2n) is 8.27. The molecule has 1 atom stereocenters. The number of carbonyl (C=O) groups excluding carboxylic acids is 2. The molecule has 1 unspecified atom stereocenters. The fourth-order valence-corrected chi connectivity index (χ4v) is 4.34. The van der Waals surface area contributed by atoms with Gasteiger partial charge in [-0.3, -0.25) is 14.2 Å². The van der Waals surface area contributed by atoms with E-state index in [-0.39, 0.29) is 23.4 Å². The summed E-state index contributed by atoms with van der Waals surface area (Å²) < 4.78 is 21.1. The lowest BCUT2D eigenvalue weighted by Gasteiger charge is -2.16. The minimum Gasteiger partial charge on any atom is -0.483 e. The molecule has 2 amide bonds. The van der Waals surface area contributed by atoms with Crippen LogP contribution >= 0.6 is 11.8 Å². The Morgan fingerprint density at radius 3 is 2.46 bits per heavy atom. The molecule has 0 aliphatic heterocycles. The average Bonchev–Trinajstić information content (AvgIpc) is 3.31. The maximum absolute atomic E-state index is 13.3. The first kappa shape index (κ1) is 25.9. The maximum Gasteiger partial charge on any atom is 0.234 e. The lowest BCUT2D eigenvalue weighted by molar-refractivity contribution is -0.114. The van der Waals surface area contributed by atoms with Crippen molar-refractivity contribution in [3.63, 3.8) is 0 Å². The molecular formula is C27H26FN5O3S. The molecular weight excluding hydrogens is 493 g/mol. The summed E-state index contributed by atoms with van der Waals surface area (Å²) >= 11 is 1.24. The number of hydrogen-bond donors (Lipinski definition) is 2. The highest BCUT2D eigenvalue weighted by Crippen LogP contribution is 2.28. The van der Waals surface area contributed by atoms with E-state index in [1.165, 1.54) is 30.8 Å². The second-order valence-corrected chi connectivity index (χ2v) is 9.22. The van der Waals surface area contributed by atoms with Crippen LogP contribution in [0.25, 0.3) is 5.69 Å². The van der Waals surface area contributed by atoms with Gasteiger partial charge in [-0.15, -0.1) is 10.2 Å². The van der Waals surface area contributed by atoms with E-state index < -0.39 is 6.10 Å². The number of hydrogen-bond acceptors (Lipinski definition) is 6. The van der Waals surface area contributed by atoms with Gasteiger partial charge >= 0.3 is 0 Å². The molecule has 0 fully saturated rings. The fourth-order valence-electron chi connectivity index (χ4n) is 3.58. The van der Waals surface area contributed by atoms with Crippen molar-refractivity contribution in [1.29, 1.82) is 0 Å². The molecule has 0 saturated heterocycles. The molecule has 10 heteroatoms. The summed E-state index contributed by atoms with van der Waals surface area (Å²) in [6.07, 6.45) is -0.499. The first-order valence-corrected chi connectivity index (χ1v) is 12.5. The van der Waals surface area contributed by atoms with E-state index >= 15 is 0 Å². The summed E-state index contributed by atoms with van der Waals surface area (Å²) in [6, 6.07) is 20.6. The van der Waals surface area contributed by atoms with Gasteiger partial charge in [0.15, 0.2) is 17.1 Å². The quantitative estimate of drug-likeness (QED) is 0.282. The molecule has 3 aromatic carbocycles. The van der Waals surface area contributed by atoms with Crippen molar-refractivity contribution in [2.45, 2.75) is 32.0 Å². The zero-order valence-electron chi connectivity index (χ0n) is 20.6. The van der Waals surface area contributed by atoms with Crippen molar-refractivity contribution in [3.05, 3.63) is 90.0 Å². The molecule has 0 aliphatic carbocycles. The molecule has 0 bridgehead atoms. The molecule has 4 rings (SSSR count). The number of para-hydroxylation sites is 1. The Bertz CT molecular complexity index is 1390. The molecule has 2 N–H and O–H groups in total. The van der Waals surface area contributed by atoms with Crippen LogP contribution in [0.4, 0.5) is 15.8 Å². The first-order valence-electron chi connectivity index (χ1n) is 11.5. The van der Waals surface area contributed by atoms with Crippen LogP contribution in [0.15, 0.2) is 78.0 Å². The summed E-state index contributed by atoms with van der Waals surface area (Å²) in [5, 5.41) is 14.8. The summed E-state index contributed by atoms with van der Waals surface area (Å²) in [7, 11) is 0. The second kappa shape index (κ2) is 11.7. The monoisotopic (exact) mass is 519 g/mol. The van der Waals surface area contributed by atoms with Gasteiger partial charge in [-0.1, -0.05) is 36.0 Å². The molecule has 190 valence electrons. The van der Waals surface area contributed by atoms with E-state index in [2.05, 4.69) is 20.8 Å². The van der Waals surface area contributed by atoms with Gasteiger partial charge in [0.05, 0.1) is 5.75 Å². The summed E-state index contributed by atoms with van der Waals surface area (Å²) in [4.78, 5) is 24.2. The SMILES string of the molecule is CC(=O)Nc1cc(NC(=O)CSc2nnc(C(C)Oc3ccc(F)cc3)n2-c2ccccc2)ccc1C. The molecule has 1 heterocycles. The van der Waals surface area contributed by atoms with Gasteiger partial charge in [0.25, 0.3) is 0 Å². The summed E-state index contributed by atoms with van der Waals surface area (Å²) in [5.74, 6) is 0.361. The van der Waals surface area contributed by atoms with Crippen LogP contribution in [-0.4, -0.2) is 32.3 Å². The molecule has 0 spiro atoms. The first-order chi connectivity index (χ1) is 17.8. The van der Waals surface area contributed by atoms with E-state index in [1.54, 1.807) is 24.3 Å². The molecule has 0 aliphatic rings. The van der Waals surface area contributed by atoms with Crippen molar-refractivity contribution in [2.75, 3.05) is 16.4 Å². The van der Waals surface area contributed by atoms with Crippen LogP contribution < -0.4 is 15.4 Å². The minimum absolute atomic E-state index is 0.0848. The van der Waals surface area contributed by atoms with Crippen molar-refractivity contribution >= 4 is 35.0 Å². The summed E-state index contributed by atoms with van der Waals surface area (Å²) in [6.45, 7) is 5.14. The van der Waals surface area contributed by atoms with Crippen molar-refractivity contribution in [1.82, 2.24) is 14.8 Å². The molecule has 0 radical (unpaired) electrons. The smallest absolute Gasteiger partial charge is 0.234 e. The van der Waals surface area contributed by atoms with Crippen LogP contribution in [-0.2, 0) is 9.59 Å². The zero-order valence-corrected chi connectivity index (χ0v) is 21.4. The number of benzene rings is 3. The van der Waals surface area contributed by atoms with Gasteiger partial charge < -0.3 is 15.4 Å². The standard InChI is InChI=1S/C27H26FN5O3S/c1-17-9-12-21(15-24(17)29-19(3)34)30-25(35)16-37-27-32-31-26(33(27)22-7-5-4-6-8-22)18(2)36-23-13-10-20(28)11-14-23/h4-15,18H,16H2,1-3H3,(H,29,34)(H,30,35). The van der Waals surface area contributed by atoms with Gasteiger partial charge in [-0.2, -0.15) is 0 Å². The average molecular weight is 520 g/mol. The Hall–Kier alpha value is -4.18. The zero-order chi connectivity index (χ0) is 26.4. The van der Waals surface area contributed by atoms with E-state index in [4.69, 9.17) is 4.74 Å². The number of amides is 2. The van der Waals surface area contributed by atoms with Crippen LogP contribution in [0, 0.1) is 12.7 Å². The molecule has 4 aromatic rings. The predicted octanol–water partition coefficient (Wildman–Crippen LogP) is 5.54. The van der Waals surface area contributed by atoms with E-state index in [9.17, 15) is 14.0 Å². The van der Waals surface area contributed by atoms with E-state index in [0.29, 0.717) is 28.1 Å². The number of nitrogens with zero attached hydrogens (tertiary/aromatic N) is 3. The Morgan fingerprint density at radius 2 is 1.76 bits per heavy atom. The van der Waals surface area contributed by atoms with E-state index in [0.717, 1.165) is 11.3 Å². The Balaban J connectivity index is 1.50. The Morgan fingerprint density at radius 1 is 1.03 bits per heavy atom. The molecule has 1 aromatic heterocycles. The van der Waals surface area contributed by atoms with Gasteiger partial charge in [-0.25, -0.2) is 4.39 Å². The number of anilines is 2. The van der Waals surface area contributed by atoms with Crippen LogP contribution in [0.3, 0.4) is 0 Å². The number of aromatic nitrogens is 3.